The molecule has 0 amide bonds. The first-order valence-corrected chi connectivity index (χ1v) is 11.6. The molecule has 1 saturated carbocycles. The van der Waals surface area contributed by atoms with Crippen molar-refractivity contribution < 1.29 is 0 Å². The van der Waals surface area contributed by atoms with Crippen LogP contribution in [0.4, 0.5) is 0 Å². The second-order valence-electron chi connectivity index (χ2n) is 8.66. The molecule has 0 spiro atoms. The van der Waals surface area contributed by atoms with Crippen LogP contribution < -0.4 is 0 Å². The third-order valence-electron chi connectivity index (χ3n) is 6.43. The fourth-order valence-corrected chi connectivity index (χ4v) is 4.73. The summed E-state index contributed by atoms with van der Waals surface area (Å²) in [6.45, 7) is 2.90. The summed E-state index contributed by atoms with van der Waals surface area (Å²) in [5.41, 5.74) is 4.44. The van der Waals surface area contributed by atoms with Crippen LogP contribution in [0.25, 0.3) is 22.5 Å². The van der Waals surface area contributed by atoms with Crippen LogP contribution >= 0.6 is 0 Å². The number of nitrogens with one attached hydrogen (secondary N) is 1. The molecule has 0 bridgehead atoms. The van der Waals surface area contributed by atoms with Gasteiger partial charge in [-0.05, 0) is 33.0 Å². The van der Waals surface area contributed by atoms with Crippen molar-refractivity contribution in [3.05, 3.63) is 65.7 Å². The number of H-pyrrole nitrogens is 1. The molecular weight excluding hydrogens is 398 g/mol. The molecule has 32 heavy (non-hydrogen) atoms. The van der Waals surface area contributed by atoms with Crippen LogP contribution in [0, 0.1) is 5.92 Å². The molecule has 7 nitrogen and oxygen atoms in total. The number of rotatable bonds is 7. The van der Waals surface area contributed by atoms with Crippen molar-refractivity contribution in [3.8, 4) is 22.5 Å². The highest BCUT2D eigenvalue weighted by molar-refractivity contribution is 5.80. The first-order chi connectivity index (χ1) is 15.8. The molecule has 7 heteroatoms. The minimum atomic E-state index is 0.672. The molecule has 1 fully saturated rings. The van der Waals surface area contributed by atoms with E-state index < -0.39 is 0 Å². The Kier molecular flexibility index (Phi) is 6.05. The predicted octanol–water partition coefficient (Wildman–Crippen LogP) is 4.86. The maximum absolute atomic E-state index is 4.88. The largest absolute Gasteiger partial charge is 0.245 e. The van der Waals surface area contributed by atoms with Crippen LogP contribution in [0.5, 0.6) is 0 Å². The summed E-state index contributed by atoms with van der Waals surface area (Å²) < 4.78 is 2.08. The van der Waals surface area contributed by atoms with Crippen molar-refractivity contribution in [3.63, 3.8) is 0 Å². The van der Waals surface area contributed by atoms with Crippen molar-refractivity contribution >= 4 is 0 Å². The summed E-state index contributed by atoms with van der Waals surface area (Å²) in [6.07, 6.45) is 8.66. The zero-order valence-corrected chi connectivity index (χ0v) is 18.5. The molecule has 0 atom stereocenters. The van der Waals surface area contributed by atoms with Crippen LogP contribution in [0.3, 0.4) is 0 Å². The van der Waals surface area contributed by atoms with E-state index in [4.69, 9.17) is 10.1 Å². The fourth-order valence-electron chi connectivity index (χ4n) is 4.73. The quantitative estimate of drug-likeness (QED) is 0.455. The molecule has 0 aliphatic heterocycles. The summed E-state index contributed by atoms with van der Waals surface area (Å²) in [5.74, 6) is 3.51. The van der Waals surface area contributed by atoms with Crippen LogP contribution in [0.1, 0.15) is 56.2 Å². The summed E-state index contributed by atoms with van der Waals surface area (Å²) in [5, 5.41) is 19.2. The number of nitrogens with zero attached hydrogens (tertiary/aromatic N) is 6. The Morgan fingerprint density at radius 1 is 0.969 bits per heavy atom. The van der Waals surface area contributed by atoms with Gasteiger partial charge in [-0.3, -0.25) is 0 Å². The average molecular weight is 428 g/mol. The molecule has 164 valence electrons. The van der Waals surface area contributed by atoms with Crippen LogP contribution in [0.2, 0.25) is 0 Å². The van der Waals surface area contributed by atoms with E-state index in [1.54, 1.807) is 0 Å². The minimum absolute atomic E-state index is 0.672. The second kappa shape index (κ2) is 9.42. The van der Waals surface area contributed by atoms with Crippen molar-refractivity contribution in [1.29, 1.82) is 0 Å². The first-order valence-electron chi connectivity index (χ1n) is 11.6. The van der Waals surface area contributed by atoms with Gasteiger partial charge in [-0.1, -0.05) is 87.6 Å². The lowest BCUT2D eigenvalue weighted by atomic mass is 9.87. The van der Waals surface area contributed by atoms with Crippen molar-refractivity contribution in [1.82, 2.24) is 35.4 Å². The zero-order chi connectivity index (χ0) is 21.8. The van der Waals surface area contributed by atoms with Crippen molar-refractivity contribution in [2.45, 2.75) is 58.4 Å². The van der Waals surface area contributed by atoms with Gasteiger partial charge in [0.25, 0.3) is 0 Å². The molecule has 1 N–H and O–H groups in total. The van der Waals surface area contributed by atoms with Crippen molar-refractivity contribution in [2.75, 3.05) is 0 Å². The van der Waals surface area contributed by atoms with Crippen LogP contribution in [-0.4, -0.2) is 35.4 Å². The molecular formula is C25H29N7. The second-order valence-corrected chi connectivity index (χ2v) is 8.66. The van der Waals surface area contributed by atoms with Gasteiger partial charge in [-0.15, -0.1) is 5.10 Å². The first kappa shape index (κ1) is 20.5. The SMILES string of the molecule is CCc1nc(CC2CCCCC2)nn1Cc1ccc(-c2ccccc2-c2nnn[nH]2)cc1. The summed E-state index contributed by atoms with van der Waals surface area (Å²) in [7, 11) is 0. The third-order valence-corrected chi connectivity index (χ3v) is 6.43. The van der Waals surface area contributed by atoms with E-state index in [-0.39, 0.29) is 0 Å². The normalized spacial score (nSPS) is 14.7. The number of aromatic nitrogens is 7. The summed E-state index contributed by atoms with van der Waals surface area (Å²) in [6, 6.07) is 16.8. The van der Waals surface area contributed by atoms with Gasteiger partial charge in [0.1, 0.15) is 5.82 Å². The molecule has 0 unspecified atom stereocenters. The number of benzene rings is 2. The lowest BCUT2D eigenvalue weighted by Crippen LogP contribution is -2.11. The Morgan fingerprint density at radius 2 is 1.75 bits per heavy atom. The van der Waals surface area contributed by atoms with Gasteiger partial charge in [-0.25, -0.2) is 14.8 Å². The molecule has 0 saturated heterocycles. The molecule has 2 aromatic carbocycles. The minimum Gasteiger partial charge on any atom is -0.245 e. The van der Waals surface area contributed by atoms with Gasteiger partial charge in [-0.2, -0.15) is 5.10 Å². The lowest BCUT2D eigenvalue weighted by Gasteiger charge is -2.19. The van der Waals surface area contributed by atoms with Gasteiger partial charge in [0.15, 0.2) is 11.6 Å². The number of tetrazole rings is 1. The molecule has 2 heterocycles. The summed E-state index contributed by atoms with van der Waals surface area (Å²) in [4.78, 5) is 4.85. The zero-order valence-electron chi connectivity index (χ0n) is 18.5. The Labute approximate surface area is 188 Å². The average Bonchev–Trinajstić information content (AvgIpc) is 3.50. The number of hydrogen-bond acceptors (Lipinski definition) is 5. The van der Waals surface area contributed by atoms with E-state index in [2.05, 4.69) is 62.6 Å². The van der Waals surface area contributed by atoms with Crippen LogP contribution in [0.15, 0.2) is 48.5 Å². The van der Waals surface area contributed by atoms with Gasteiger partial charge < -0.3 is 0 Å². The molecule has 0 radical (unpaired) electrons. The van der Waals surface area contributed by atoms with E-state index in [1.165, 1.54) is 37.7 Å². The van der Waals surface area contributed by atoms with E-state index in [1.807, 2.05) is 18.2 Å². The third kappa shape index (κ3) is 4.47. The van der Waals surface area contributed by atoms with Gasteiger partial charge in [0, 0.05) is 18.4 Å². The number of aryl methyl sites for hydroxylation is 1. The maximum atomic E-state index is 4.88. The predicted molar refractivity (Wildman–Crippen MR) is 124 cm³/mol. The number of hydrogen-bond donors (Lipinski definition) is 1. The highest BCUT2D eigenvalue weighted by atomic mass is 15.5. The maximum Gasteiger partial charge on any atom is 0.180 e. The number of aromatic amines is 1. The Morgan fingerprint density at radius 3 is 2.47 bits per heavy atom. The molecule has 5 rings (SSSR count). The van der Waals surface area contributed by atoms with E-state index in [0.717, 1.165) is 53.6 Å². The van der Waals surface area contributed by atoms with E-state index in [9.17, 15) is 0 Å². The highest BCUT2D eigenvalue weighted by Crippen LogP contribution is 2.30. The Balaban J connectivity index is 1.33. The van der Waals surface area contributed by atoms with Crippen molar-refractivity contribution in [2.24, 2.45) is 5.92 Å². The topological polar surface area (TPSA) is 85.2 Å². The van der Waals surface area contributed by atoms with E-state index >= 15 is 0 Å². The van der Waals surface area contributed by atoms with Crippen LogP contribution in [-0.2, 0) is 19.4 Å². The fraction of sp³-hybridized carbons (Fsp3) is 0.400. The molecule has 1 aliphatic carbocycles. The van der Waals surface area contributed by atoms with Gasteiger partial charge in [0.05, 0.1) is 6.54 Å². The highest BCUT2D eigenvalue weighted by Gasteiger charge is 2.18. The molecule has 4 aromatic rings. The van der Waals surface area contributed by atoms with Gasteiger partial charge >= 0.3 is 0 Å². The molecule has 2 aromatic heterocycles. The standard InChI is InChI=1S/C25H29N7/c1-2-24-26-23(16-18-8-4-3-5-9-18)29-32(24)17-19-12-14-20(15-13-19)21-10-6-7-11-22(21)25-27-30-31-28-25/h6-7,10-15,18H,2-5,8-9,16-17H2,1H3,(H,27,28,30,31). The molecule has 1 aliphatic rings. The van der Waals surface area contributed by atoms with Gasteiger partial charge in [0.2, 0.25) is 0 Å². The Hall–Kier alpha value is -3.35. The summed E-state index contributed by atoms with van der Waals surface area (Å²) >= 11 is 0. The monoisotopic (exact) mass is 427 g/mol. The lowest BCUT2D eigenvalue weighted by molar-refractivity contribution is 0.351. The Bertz CT molecular complexity index is 1140. The van der Waals surface area contributed by atoms with E-state index in [0.29, 0.717) is 5.82 Å². The smallest absolute Gasteiger partial charge is 0.180 e.